The second kappa shape index (κ2) is 10.7. The van der Waals surface area contributed by atoms with E-state index in [1.807, 2.05) is 59.3 Å². The highest BCUT2D eigenvalue weighted by Gasteiger charge is 2.12. The summed E-state index contributed by atoms with van der Waals surface area (Å²) in [6, 6.07) is 27.6. The van der Waals surface area contributed by atoms with E-state index < -0.39 is 0 Å². The monoisotopic (exact) mass is 527 g/mol. The molecule has 0 radical (unpaired) electrons. The van der Waals surface area contributed by atoms with E-state index in [4.69, 9.17) is 5.10 Å². The van der Waals surface area contributed by atoms with Crippen molar-refractivity contribution in [2.75, 3.05) is 18.4 Å². The van der Waals surface area contributed by atoms with Gasteiger partial charge in [-0.15, -0.1) is 0 Å². The van der Waals surface area contributed by atoms with E-state index in [9.17, 15) is 4.79 Å². The van der Waals surface area contributed by atoms with Crippen molar-refractivity contribution in [1.82, 2.24) is 20.1 Å². The molecule has 176 valence electrons. The van der Waals surface area contributed by atoms with Crippen molar-refractivity contribution < 1.29 is 0 Å². The number of aromatic nitrogens is 3. The number of nitrogens with one attached hydrogen (secondary N) is 3. The highest BCUT2D eigenvalue weighted by Crippen LogP contribution is 2.25. The molecule has 6 nitrogen and oxygen atoms in total. The van der Waals surface area contributed by atoms with Gasteiger partial charge in [-0.2, -0.15) is 5.10 Å². The number of anilines is 1. The van der Waals surface area contributed by atoms with E-state index >= 15 is 0 Å². The highest BCUT2D eigenvalue weighted by molar-refractivity contribution is 9.10. The maximum atomic E-state index is 12.3. The van der Waals surface area contributed by atoms with Gasteiger partial charge in [-0.3, -0.25) is 4.79 Å². The zero-order chi connectivity index (χ0) is 24.0. The standard InChI is InChI=1S/C28H26BrN5O/c29-22-13-11-20(12-14-22)28-21(19-34(33-28)23-7-2-1-3-8-23)18-30-15-6-16-31-27-17-26(35)24-9-4-5-10-25(24)32-27/h1-5,7-14,17,19,30H,6,15-16,18H2,(H2,31,32,35). The van der Waals surface area contributed by atoms with Crippen molar-refractivity contribution in [1.29, 1.82) is 0 Å². The molecule has 0 fully saturated rings. The lowest BCUT2D eigenvalue weighted by Crippen LogP contribution is -2.18. The Labute approximate surface area is 212 Å². The van der Waals surface area contributed by atoms with Crippen LogP contribution in [0.25, 0.3) is 27.8 Å². The molecule has 35 heavy (non-hydrogen) atoms. The number of H-pyrrole nitrogens is 1. The summed E-state index contributed by atoms with van der Waals surface area (Å²) in [5.74, 6) is 0.746. The van der Waals surface area contributed by atoms with Gasteiger partial charge in [0.15, 0.2) is 5.43 Å². The summed E-state index contributed by atoms with van der Waals surface area (Å²) in [5, 5.41) is 12.5. The number of halogens is 1. The Bertz CT molecular complexity index is 1480. The number of aromatic amines is 1. The summed E-state index contributed by atoms with van der Waals surface area (Å²) in [6.45, 7) is 2.30. The zero-order valence-corrected chi connectivity index (χ0v) is 20.8. The van der Waals surface area contributed by atoms with Crippen molar-refractivity contribution in [3.63, 3.8) is 0 Å². The molecule has 0 aliphatic heterocycles. The number of pyridine rings is 1. The van der Waals surface area contributed by atoms with Crippen molar-refractivity contribution in [3.8, 4) is 16.9 Å². The van der Waals surface area contributed by atoms with Gasteiger partial charge < -0.3 is 15.6 Å². The average Bonchev–Trinajstić information content (AvgIpc) is 3.31. The second-order valence-corrected chi connectivity index (χ2v) is 9.26. The summed E-state index contributed by atoms with van der Waals surface area (Å²) >= 11 is 3.51. The van der Waals surface area contributed by atoms with Crippen LogP contribution in [0.1, 0.15) is 12.0 Å². The minimum absolute atomic E-state index is 0.0240. The van der Waals surface area contributed by atoms with Crippen LogP contribution in [0.4, 0.5) is 5.82 Å². The maximum Gasteiger partial charge on any atom is 0.191 e. The van der Waals surface area contributed by atoms with Crippen LogP contribution in [0.5, 0.6) is 0 Å². The van der Waals surface area contributed by atoms with Crippen LogP contribution in [-0.2, 0) is 6.54 Å². The van der Waals surface area contributed by atoms with Gasteiger partial charge in [-0.25, -0.2) is 4.68 Å². The van der Waals surface area contributed by atoms with Crippen LogP contribution in [0.2, 0.25) is 0 Å². The normalized spacial score (nSPS) is 11.1. The van der Waals surface area contributed by atoms with E-state index in [2.05, 4.69) is 62.0 Å². The molecule has 5 aromatic rings. The van der Waals surface area contributed by atoms with Gasteiger partial charge in [0.2, 0.25) is 0 Å². The summed E-state index contributed by atoms with van der Waals surface area (Å²) in [5.41, 5.74) is 5.10. The predicted molar refractivity (Wildman–Crippen MR) is 146 cm³/mol. The molecule has 0 saturated carbocycles. The number of para-hydroxylation sites is 2. The molecular weight excluding hydrogens is 502 g/mol. The zero-order valence-electron chi connectivity index (χ0n) is 19.2. The molecular formula is C28H26BrN5O. The SMILES string of the molecule is O=c1cc(NCCCNCc2cn(-c3ccccc3)nc2-c2ccc(Br)cc2)[nH]c2ccccc12. The molecule has 0 atom stereocenters. The smallest absolute Gasteiger partial charge is 0.191 e. The van der Waals surface area contributed by atoms with E-state index in [0.717, 1.165) is 57.8 Å². The third-order valence-corrected chi connectivity index (χ3v) is 6.36. The third-order valence-electron chi connectivity index (χ3n) is 5.83. The van der Waals surface area contributed by atoms with Crippen LogP contribution >= 0.6 is 15.9 Å². The summed E-state index contributed by atoms with van der Waals surface area (Å²) in [6.07, 6.45) is 3.01. The summed E-state index contributed by atoms with van der Waals surface area (Å²) < 4.78 is 2.98. The van der Waals surface area contributed by atoms with Crippen molar-refractivity contribution in [2.45, 2.75) is 13.0 Å². The Kier molecular flexibility index (Phi) is 7.07. The first kappa shape index (κ1) is 23.1. The molecule has 0 bridgehead atoms. The largest absolute Gasteiger partial charge is 0.371 e. The van der Waals surface area contributed by atoms with Crippen LogP contribution < -0.4 is 16.1 Å². The Morgan fingerprint density at radius 1 is 0.914 bits per heavy atom. The molecule has 7 heteroatoms. The fraction of sp³-hybridized carbons (Fsp3) is 0.143. The number of benzene rings is 3. The molecule has 0 saturated heterocycles. The summed E-state index contributed by atoms with van der Waals surface area (Å²) in [7, 11) is 0. The van der Waals surface area contributed by atoms with E-state index in [0.29, 0.717) is 11.9 Å². The maximum absolute atomic E-state index is 12.3. The minimum Gasteiger partial charge on any atom is -0.371 e. The molecule has 0 aliphatic rings. The van der Waals surface area contributed by atoms with Gasteiger partial charge in [-0.05, 0) is 49.4 Å². The van der Waals surface area contributed by atoms with E-state index in [1.165, 1.54) is 0 Å². The highest BCUT2D eigenvalue weighted by atomic mass is 79.9. The van der Waals surface area contributed by atoms with Gasteiger partial charge in [0.05, 0.1) is 16.9 Å². The van der Waals surface area contributed by atoms with Crippen molar-refractivity contribution >= 4 is 32.7 Å². The van der Waals surface area contributed by atoms with Gasteiger partial charge >= 0.3 is 0 Å². The fourth-order valence-corrected chi connectivity index (χ4v) is 4.32. The number of hydrogen-bond acceptors (Lipinski definition) is 4. The van der Waals surface area contributed by atoms with Gasteiger partial charge in [0.1, 0.15) is 5.82 Å². The fourth-order valence-electron chi connectivity index (χ4n) is 4.05. The van der Waals surface area contributed by atoms with Gasteiger partial charge in [-0.1, -0.05) is 58.4 Å². The van der Waals surface area contributed by atoms with E-state index in [-0.39, 0.29) is 5.43 Å². The van der Waals surface area contributed by atoms with Crippen LogP contribution in [-0.4, -0.2) is 27.9 Å². The number of fused-ring (bicyclic) bond motifs is 1. The molecule has 3 aromatic carbocycles. The summed E-state index contributed by atoms with van der Waals surface area (Å²) in [4.78, 5) is 15.6. The Morgan fingerprint density at radius 2 is 1.69 bits per heavy atom. The Balaban J connectivity index is 1.21. The first-order valence-electron chi connectivity index (χ1n) is 11.6. The van der Waals surface area contributed by atoms with Gasteiger partial charge in [0, 0.05) is 46.3 Å². The molecule has 3 N–H and O–H groups in total. The number of rotatable bonds is 9. The van der Waals surface area contributed by atoms with Crippen molar-refractivity contribution in [3.05, 3.63) is 111 Å². The quantitative estimate of drug-likeness (QED) is 0.214. The predicted octanol–water partition coefficient (Wildman–Crippen LogP) is 5.74. The Hall–Kier alpha value is -3.68. The molecule has 5 rings (SSSR count). The topological polar surface area (TPSA) is 74.7 Å². The first-order chi connectivity index (χ1) is 17.2. The van der Waals surface area contributed by atoms with Gasteiger partial charge in [0.25, 0.3) is 0 Å². The number of nitrogens with zero attached hydrogens (tertiary/aromatic N) is 2. The Morgan fingerprint density at radius 3 is 2.51 bits per heavy atom. The number of hydrogen-bond donors (Lipinski definition) is 3. The average molecular weight is 528 g/mol. The lowest BCUT2D eigenvalue weighted by atomic mass is 10.1. The molecule has 2 aromatic heterocycles. The molecule has 0 amide bonds. The molecule has 0 aliphatic carbocycles. The van der Waals surface area contributed by atoms with Crippen LogP contribution in [0, 0.1) is 0 Å². The van der Waals surface area contributed by atoms with Crippen LogP contribution in [0.15, 0.2) is 100 Å². The van der Waals surface area contributed by atoms with E-state index in [1.54, 1.807) is 6.07 Å². The lowest BCUT2D eigenvalue weighted by Gasteiger charge is -2.09. The molecule has 0 spiro atoms. The molecule has 0 unspecified atom stereocenters. The molecule has 2 heterocycles. The lowest BCUT2D eigenvalue weighted by molar-refractivity contribution is 0.663. The third kappa shape index (κ3) is 5.53. The first-order valence-corrected chi connectivity index (χ1v) is 12.4. The minimum atomic E-state index is 0.0240. The second-order valence-electron chi connectivity index (χ2n) is 8.34. The van der Waals surface area contributed by atoms with Crippen LogP contribution in [0.3, 0.4) is 0 Å². The van der Waals surface area contributed by atoms with Crippen molar-refractivity contribution in [2.24, 2.45) is 0 Å².